The number of rotatable bonds is 5. The van der Waals surface area contributed by atoms with Crippen LogP contribution < -0.4 is 9.47 Å². The molecule has 0 radical (unpaired) electrons. The Morgan fingerprint density at radius 3 is 3.08 bits per heavy atom. The zero-order chi connectivity index (χ0) is 9.52. The fourth-order valence-corrected chi connectivity index (χ4v) is 0.747. The van der Waals surface area contributed by atoms with Crippen LogP contribution in [0.5, 0.6) is 11.5 Å². The molecule has 0 unspecified atom stereocenters. The number of hydrogen-bond donors (Lipinski definition) is 0. The van der Waals surface area contributed by atoms with Crippen molar-refractivity contribution < 1.29 is 19.0 Å². The highest BCUT2D eigenvalue weighted by Crippen LogP contribution is 2.24. The second-order valence-corrected chi connectivity index (χ2v) is 2.09. The van der Waals surface area contributed by atoms with Gasteiger partial charge in [0.15, 0.2) is 18.3 Å². The lowest BCUT2D eigenvalue weighted by atomic mass is 10.4. The molecule has 0 amide bonds. The highest BCUT2D eigenvalue weighted by molar-refractivity contribution is 5.49. The van der Waals surface area contributed by atoms with Crippen molar-refractivity contribution in [1.29, 1.82) is 0 Å². The van der Waals surface area contributed by atoms with Crippen LogP contribution in [0, 0.1) is 0 Å². The van der Waals surface area contributed by atoms with Gasteiger partial charge in [0.2, 0.25) is 0 Å². The maximum atomic E-state index is 10.1. The lowest BCUT2D eigenvalue weighted by Crippen LogP contribution is -2.01. The standard InChI is InChI=1S/C8H9NO4/c1-11-6-13-8-4-9-3-2-7(8)12-5-10/h2-5H,6H2,1H3. The molecule has 5 nitrogen and oxygen atoms in total. The average Bonchev–Trinajstić information content (AvgIpc) is 2.17. The van der Waals surface area contributed by atoms with E-state index in [1.165, 1.54) is 25.6 Å². The van der Waals surface area contributed by atoms with E-state index in [2.05, 4.69) is 14.5 Å². The molecule has 1 aromatic heterocycles. The molecule has 13 heavy (non-hydrogen) atoms. The Bertz CT molecular complexity index is 277. The Hall–Kier alpha value is -1.62. The van der Waals surface area contributed by atoms with E-state index in [4.69, 9.17) is 4.74 Å². The normalized spacial score (nSPS) is 9.31. The molecule has 70 valence electrons. The molecule has 0 bridgehead atoms. The second-order valence-electron chi connectivity index (χ2n) is 2.09. The minimum Gasteiger partial charge on any atom is -0.462 e. The summed E-state index contributed by atoms with van der Waals surface area (Å²) in [4.78, 5) is 13.9. The fraction of sp³-hybridized carbons (Fsp3) is 0.250. The van der Waals surface area contributed by atoms with E-state index in [1.807, 2.05) is 0 Å². The first-order chi connectivity index (χ1) is 6.38. The van der Waals surface area contributed by atoms with Crippen LogP contribution in [0.15, 0.2) is 18.5 Å². The van der Waals surface area contributed by atoms with Crippen molar-refractivity contribution in [2.45, 2.75) is 0 Å². The van der Waals surface area contributed by atoms with Gasteiger partial charge in [-0.1, -0.05) is 0 Å². The topological polar surface area (TPSA) is 57.6 Å². The molecular weight excluding hydrogens is 174 g/mol. The number of nitrogens with zero attached hydrogens (tertiary/aromatic N) is 1. The van der Waals surface area contributed by atoms with Gasteiger partial charge in [0, 0.05) is 19.4 Å². The smallest absolute Gasteiger partial charge is 0.298 e. The largest absolute Gasteiger partial charge is 0.462 e. The van der Waals surface area contributed by atoms with Crippen molar-refractivity contribution in [3.05, 3.63) is 18.5 Å². The van der Waals surface area contributed by atoms with Gasteiger partial charge in [0.1, 0.15) is 0 Å². The van der Waals surface area contributed by atoms with E-state index in [9.17, 15) is 4.79 Å². The molecule has 0 aliphatic heterocycles. The Balaban J connectivity index is 2.71. The predicted octanol–water partition coefficient (Wildman–Crippen LogP) is 0.599. The fourth-order valence-electron chi connectivity index (χ4n) is 0.747. The summed E-state index contributed by atoms with van der Waals surface area (Å²) >= 11 is 0. The molecule has 0 fully saturated rings. The average molecular weight is 183 g/mol. The molecule has 0 saturated carbocycles. The molecule has 0 spiro atoms. The van der Waals surface area contributed by atoms with Crippen molar-refractivity contribution in [3.8, 4) is 11.5 Å². The zero-order valence-corrected chi connectivity index (χ0v) is 7.10. The molecule has 5 heteroatoms. The summed E-state index contributed by atoms with van der Waals surface area (Å²) in [5.41, 5.74) is 0. The molecule has 1 aromatic rings. The van der Waals surface area contributed by atoms with Crippen molar-refractivity contribution in [3.63, 3.8) is 0 Å². The number of ether oxygens (including phenoxy) is 3. The van der Waals surface area contributed by atoms with Crippen molar-refractivity contribution in [1.82, 2.24) is 4.98 Å². The summed E-state index contributed by atoms with van der Waals surface area (Å²) in [7, 11) is 1.50. The third kappa shape index (κ3) is 2.72. The van der Waals surface area contributed by atoms with Crippen LogP contribution >= 0.6 is 0 Å². The van der Waals surface area contributed by atoms with Crippen LogP contribution in [0.3, 0.4) is 0 Å². The van der Waals surface area contributed by atoms with E-state index in [1.54, 1.807) is 0 Å². The van der Waals surface area contributed by atoms with Crippen LogP contribution in [-0.2, 0) is 9.53 Å². The van der Waals surface area contributed by atoms with Crippen molar-refractivity contribution >= 4 is 6.47 Å². The molecule has 0 aromatic carbocycles. The summed E-state index contributed by atoms with van der Waals surface area (Å²) in [6, 6.07) is 1.53. The van der Waals surface area contributed by atoms with Crippen LogP contribution in [-0.4, -0.2) is 25.4 Å². The summed E-state index contributed by atoms with van der Waals surface area (Å²) in [6.45, 7) is 0.413. The third-order valence-electron chi connectivity index (χ3n) is 1.25. The molecule has 1 heterocycles. The Morgan fingerprint density at radius 2 is 2.38 bits per heavy atom. The maximum absolute atomic E-state index is 10.1. The van der Waals surface area contributed by atoms with E-state index in [0.29, 0.717) is 18.0 Å². The Labute approximate surface area is 75.2 Å². The van der Waals surface area contributed by atoms with E-state index in [0.717, 1.165) is 0 Å². The van der Waals surface area contributed by atoms with Gasteiger partial charge in [-0.2, -0.15) is 0 Å². The summed E-state index contributed by atoms with van der Waals surface area (Å²) in [5.74, 6) is 0.693. The maximum Gasteiger partial charge on any atom is 0.298 e. The van der Waals surface area contributed by atoms with Gasteiger partial charge in [-0.3, -0.25) is 9.78 Å². The van der Waals surface area contributed by atoms with Crippen molar-refractivity contribution in [2.75, 3.05) is 13.9 Å². The van der Waals surface area contributed by atoms with Crippen LogP contribution in [0.2, 0.25) is 0 Å². The van der Waals surface area contributed by atoms with Gasteiger partial charge in [-0.15, -0.1) is 0 Å². The van der Waals surface area contributed by atoms with Crippen LogP contribution in [0.1, 0.15) is 0 Å². The van der Waals surface area contributed by atoms with Gasteiger partial charge in [-0.05, 0) is 0 Å². The summed E-state index contributed by atoms with van der Waals surface area (Å²) in [5, 5.41) is 0. The van der Waals surface area contributed by atoms with Gasteiger partial charge in [0.25, 0.3) is 6.47 Å². The number of aromatic nitrogens is 1. The minimum absolute atomic E-state index is 0.0842. The number of carbonyl (C=O) groups excluding carboxylic acids is 1. The quantitative estimate of drug-likeness (QED) is 0.494. The Kier molecular flexibility index (Phi) is 3.72. The number of pyridine rings is 1. The van der Waals surface area contributed by atoms with Crippen LogP contribution in [0.4, 0.5) is 0 Å². The first-order valence-electron chi connectivity index (χ1n) is 3.54. The van der Waals surface area contributed by atoms with Gasteiger partial charge >= 0.3 is 0 Å². The van der Waals surface area contributed by atoms with Gasteiger partial charge in [-0.25, -0.2) is 0 Å². The van der Waals surface area contributed by atoms with E-state index >= 15 is 0 Å². The van der Waals surface area contributed by atoms with E-state index in [-0.39, 0.29) is 6.79 Å². The zero-order valence-electron chi connectivity index (χ0n) is 7.10. The minimum atomic E-state index is 0.0842. The molecule has 0 atom stereocenters. The number of methoxy groups -OCH3 is 1. The molecular formula is C8H9NO4. The SMILES string of the molecule is COCOc1cnccc1OC=O. The van der Waals surface area contributed by atoms with Crippen molar-refractivity contribution in [2.24, 2.45) is 0 Å². The number of hydrogen-bond acceptors (Lipinski definition) is 5. The van der Waals surface area contributed by atoms with E-state index < -0.39 is 0 Å². The monoisotopic (exact) mass is 183 g/mol. The van der Waals surface area contributed by atoms with Gasteiger partial charge < -0.3 is 14.2 Å². The predicted molar refractivity (Wildman–Crippen MR) is 43.4 cm³/mol. The number of carbonyl (C=O) groups is 1. The second kappa shape index (κ2) is 5.10. The van der Waals surface area contributed by atoms with Gasteiger partial charge in [0.05, 0.1) is 6.20 Å². The first kappa shape index (κ1) is 9.47. The van der Waals surface area contributed by atoms with Crippen LogP contribution in [0.25, 0.3) is 0 Å². The molecule has 0 saturated heterocycles. The molecule has 0 N–H and O–H groups in total. The highest BCUT2D eigenvalue weighted by Gasteiger charge is 2.03. The molecule has 1 rings (SSSR count). The summed E-state index contributed by atoms with van der Waals surface area (Å²) < 4.78 is 14.4. The highest BCUT2D eigenvalue weighted by atomic mass is 16.7. The summed E-state index contributed by atoms with van der Waals surface area (Å²) in [6.07, 6.45) is 2.94. The Morgan fingerprint density at radius 1 is 1.54 bits per heavy atom. The first-order valence-corrected chi connectivity index (χ1v) is 3.54. The lowest BCUT2D eigenvalue weighted by Gasteiger charge is -2.06. The molecule has 0 aliphatic rings. The lowest BCUT2D eigenvalue weighted by molar-refractivity contribution is -0.120. The third-order valence-corrected chi connectivity index (χ3v) is 1.25. The molecule has 0 aliphatic carbocycles.